The Hall–Kier alpha value is -1.91. The Labute approximate surface area is 119 Å². The van der Waals surface area contributed by atoms with Crippen LogP contribution in [0.15, 0.2) is 18.2 Å². The second-order valence-corrected chi connectivity index (χ2v) is 4.94. The highest BCUT2D eigenvalue weighted by Crippen LogP contribution is 2.26. The quantitative estimate of drug-likeness (QED) is 0.604. The van der Waals surface area contributed by atoms with Crippen molar-refractivity contribution in [2.24, 2.45) is 5.92 Å². The minimum Gasteiger partial charge on any atom is -0.325 e. The first-order valence-electron chi connectivity index (χ1n) is 7.06. The second-order valence-electron chi connectivity index (χ2n) is 4.94. The van der Waals surface area contributed by atoms with E-state index in [1.165, 1.54) is 6.07 Å². The molecule has 0 radical (unpaired) electrons. The summed E-state index contributed by atoms with van der Waals surface area (Å²) < 4.78 is 0. The number of nitrogens with one attached hydrogen (secondary N) is 1. The second kappa shape index (κ2) is 7.62. The molecule has 1 amide bonds. The van der Waals surface area contributed by atoms with Crippen molar-refractivity contribution in [2.75, 3.05) is 5.32 Å². The molecule has 20 heavy (non-hydrogen) atoms. The van der Waals surface area contributed by atoms with Crippen LogP contribution in [0, 0.1) is 23.0 Å². The van der Waals surface area contributed by atoms with E-state index in [0.717, 1.165) is 25.7 Å². The van der Waals surface area contributed by atoms with E-state index in [1.807, 2.05) is 6.92 Å². The van der Waals surface area contributed by atoms with E-state index in [1.54, 1.807) is 19.1 Å². The van der Waals surface area contributed by atoms with Gasteiger partial charge in [-0.15, -0.1) is 0 Å². The van der Waals surface area contributed by atoms with E-state index >= 15 is 0 Å². The summed E-state index contributed by atoms with van der Waals surface area (Å²) in [6.45, 7) is 5.73. The van der Waals surface area contributed by atoms with Crippen LogP contribution in [-0.4, -0.2) is 10.8 Å². The number of nitrogens with zero attached hydrogens (tertiary/aromatic N) is 1. The van der Waals surface area contributed by atoms with Crippen molar-refractivity contribution in [2.45, 2.75) is 46.5 Å². The van der Waals surface area contributed by atoms with E-state index in [4.69, 9.17) is 0 Å². The number of hydrogen-bond donors (Lipinski definition) is 1. The van der Waals surface area contributed by atoms with Crippen LogP contribution in [-0.2, 0) is 4.79 Å². The predicted octanol–water partition coefficient (Wildman–Crippen LogP) is 4.06. The molecule has 0 aliphatic carbocycles. The Morgan fingerprint density at radius 3 is 2.65 bits per heavy atom. The molecular formula is C15H22N2O3. The maximum Gasteiger partial charge on any atom is 0.274 e. The number of benzene rings is 1. The third kappa shape index (κ3) is 4.05. The molecule has 0 fully saturated rings. The standard InChI is InChI=1S/C15H22N2O3/c1-4-6-8-12(5-2)15(18)16-13-9-7-10-14(11(13)3)17(19)20/h7,9-10,12H,4-6,8H2,1-3H3,(H,16,18). The Morgan fingerprint density at radius 1 is 1.40 bits per heavy atom. The van der Waals surface area contributed by atoms with Gasteiger partial charge in [-0.3, -0.25) is 14.9 Å². The molecule has 5 nitrogen and oxygen atoms in total. The molecule has 1 rings (SSSR count). The lowest BCUT2D eigenvalue weighted by Crippen LogP contribution is -2.22. The van der Waals surface area contributed by atoms with Crippen molar-refractivity contribution in [1.29, 1.82) is 0 Å². The number of nitro groups is 1. The average molecular weight is 278 g/mol. The third-order valence-corrected chi connectivity index (χ3v) is 3.53. The zero-order valence-electron chi connectivity index (χ0n) is 12.3. The van der Waals surface area contributed by atoms with Crippen LogP contribution in [0.3, 0.4) is 0 Å². The van der Waals surface area contributed by atoms with Gasteiger partial charge >= 0.3 is 0 Å². The average Bonchev–Trinajstić information content (AvgIpc) is 2.41. The fourth-order valence-corrected chi connectivity index (χ4v) is 2.16. The highest BCUT2D eigenvalue weighted by atomic mass is 16.6. The number of unbranched alkanes of at least 4 members (excludes halogenated alkanes) is 1. The molecule has 0 saturated heterocycles. The van der Waals surface area contributed by atoms with Crippen molar-refractivity contribution in [3.8, 4) is 0 Å². The summed E-state index contributed by atoms with van der Waals surface area (Å²) in [7, 11) is 0. The molecule has 0 bridgehead atoms. The first-order valence-corrected chi connectivity index (χ1v) is 7.06. The molecule has 0 heterocycles. The molecule has 5 heteroatoms. The molecule has 1 atom stereocenters. The summed E-state index contributed by atoms with van der Waals surface area (Å²) in [4.78, 5) is 22.7. The van der Waals surface area contributed by atoms with Crippen molar-refractivity contribution >= 4 is 17.3 Å². The fourth-order valence-electron chi connectivity index (χ4n) is 2.16. The zero-order valence-corrected chi connectivity index (χ0v) is 12.3. The molecule has 0 saturated carbocycles. The smallest absolute Gasteiger partial charge is 0.274 e. The van der Waals surface area contributed by atoms with Crippen LogP contribution < -0.4 is 5.32 Å². The van der Waals surface area contributed by atoms with Crippen LogP contribution >= 0.6 is 0 Å². The van der Waals surface area contributed by atoms with Gasteiger partial charge in [-0.1, -0.05) is 32.8 Å². The minimum absolute atomic E-state index is 0.0319. The summed E-state index contributed by atoms with van der Waals surface area (Å²) >= 11 is 0. The molecule has 0 aliphatic heterocycles. The Balaban J connectivity index is 2.84. The zero-order chi connectivity index (χ0) is 15.1. The van der Waals surface area contributed by atoms with E-state index in [2.05, 4.69) is 12.2 Å². The van der Waals surface area contributed by atoms with E-state index in [9.17, 15) is 14.9 Å². The summed E-state index contributed by atoms with van der Waals surface area (Å²) in [5.41, 5.74) is 1.06. The lowest BCUT2D eigenvalue weighted by atomic mass is 9.98. The number of anilines is 1. The van der Waals surface area contributed by atoms with Crippen molar-refractivity contribution < 1.29 is 9.72 Å². The molecular weight excluding hydrogens is 256 g/mol. The molecule has 1 N–H and O–H groups in total. The highest BCUT2D eigenvalue weighted by Gasteiger charge is 2.19. The predicted molar refractivity (Wildman–Crippen MR) is 79.8 cm³/mol. The van der Waals surface area contributed by atoms with Crippen LogP contribution in [0.5, 0.6) is 0 Å². The summed E-state index contributed by atoms with van der Waals surface area (Å²) in [5.74, 6) is -0.0850. The Kier molecular flexibility index (Phi) is 6.15. The first-order chi connectivity index (χ1) is 9.51. The van der Waals surface area contributed by atoms with Crippen molar-refractivity contribution in [3.63, 3.8) is 0 Å². The van der Waals surface area contributed by atoms with Gasteiger partial charge in [0.05, 0.1) is 16.2 Å². The van der Waals surface area contributed by atoms with Crippen LogP contribution in [0.4, 0.5) is 11.4 Å². The molecule has 1 unspecified atom stereocenters. The summed E-state index contributed by atoms with van der Waals surface area (Å²) in [6, 6.07) is 4.74. The minimum atomic E-state index is -0.431. The largest absolute Gasteiger partial charge is 0.325 e. The van der Waals surface area contributed by atoms with Gasteiger partial charge < -0.3 is 5.32 Å². The van der Waals surface area contributed by atoms with Gasteiger partial charge in [0.15, 0.2) is 0 Å². The summed E-state index contributed by atoms with van der Waals surface area (Å²) in [6.07, 6.45) is 3.70. The highest BCUT2D eigenvalue weighted by molar-refractivity contribution is 5.93. The van der Waals surface area contributed by atoms with E-state index in [0.29, 0.717) is 11.3 Å². The maximum absolute atomic E-state index is 12.2. The molecule has 1 aromatic carbocycles. The van der Waals surface area contributed by atoms with Crippen LogP contribution in [0.2, 0.25) is 0 Å². The monoisotopic (exact) mass is 278 g/mol. The maximum atomic E-state index is 12.2. The number of hydrogen-bond acceptors (Lipinski definition) is 3. The van der Waals surface area contributed by atoms with Crippen LogP contribution in [0.1, 0.15) is 45.1 Å². The summed E-state index contributed by atoms with van der Waals surface area (Å²) in [5, 5.41) is 13.7. The van der Waals surface area contributed by atoms with Gasteiger partial charge in [0, 0.05) is 12.0 Å². The van der Waals surface area contributed by atoms with Crippen molar-refractivity contribution in [3.05, 3.63) is 33.9 Å². The van der Waals surface area contributed by atoms with Gasteiger partial charge in [0.2, 0.25) is 5.91 Å². The molecule has 0 spiro atoms. The Morgan fingerprint density at radius 2 is 2.10 bits per heavy atom. The number of carbonyl (C=O) groups is 1. The normalized spacial score (nSPS) is 11.9. The topological polar surface area (TPSA) is 72.2 Å². The Bertz CT molecular complexity index is 486. The van der Waals surface area contributed by atoms with E-state index < -0.39 is 4.92 Å². The first kappa shape index (κ1) is 16.1. The molecule has 0 aromatic heterocycles. The fraction of sp³-hybridized carbons (Fsp3) is 0.533. The lowest BCUT2D eigenvalue weighted by molar-refractivity contribution is -0.385. The number of nitro benzene ring substituents is 1. The van der Waals surface area contributed by atoms with Gasteiger partial charge in [-0.05, 0) is 25.8 Å². The van der Waals surface area contributed by atoms with Gasteiger partial charge in [0.1, 0.15) is 0 Å². The van der Waals surface area contributed by atoms with Crippen molar-refractivity contribution in [1.82, 2.24) is 0 Å². The number of amides is 1. The number of carbonyl (C=O) groups excluding carboxylic acids is 1. The molecule has 0 aliphatic rings. The van der Waals surface area contributed by atoms with Crippen LogP contribution in [0.25, 0.3) is 0 Å². The molecule has 110 valence electrons. The van der Waals surface area contributed by atoms with Gasteiger partial charge in [-0.25, -0.2) is 0 Å². The lowest BCUT2D eigenvalue weighted by Gasteiger charge is -2.15. The molecule has 1 aromatic rings. The third-order valence-electron chi connectivity index (χ3n) is 3.53. The van der Waals surface area contributed by atoms with Gasteiger partial charge in [0.25, 0.3) is 5.69 Å². The van der Waals surface area contributed by atoms with E-state index in [-0.39, 0.29) is 17.5 Å². The van der Waals surface area contributed by atoms with Gasteiger partial charge in [-0.2, -0.15) is 0 Å². The number of rotatable bonds is 7. The SMILES string of the molecule is CCCCC(CC)C(=O)Nc1cccc([N+](=O)[O-])c1C.